The minimum absolute atomic E-state index is 0.0850. The molecule has 2 aromatic heterocycles. The third kappa shape index (κ3) is 10.3. The van der Waals surface area contributed by atoms with E-state index in [1.165, 1.54) is 14.2 Å². The van der Waals surface area contributed by atoms with E-state index in [9.17, 15) is 19.2 Å². The number of H-pyrrole nitrogens is 2. The lowest BCUT2D eigenvalue weighted by molar-refractivity contribution is -0.139. The lowest BCUT2D eigenvalue weighted by atomic mass is 9.95. The molecule has 2 bridgehead atoms. The van der Waals surface area contributed by atoms with Gasteiger partial charge in [-0.15, -0.1) is 0 Å². The van der Waals surface area contributed by atoms with Gasteiger partial charge in [0.2, 0.25) is 11.8 Å². The van der Waals surface area contributed by atoms with Crippen molar-refractivity contribution in [3.63, 3.8) is 0 Å². The van der Waals surface area contributed by atoms with Gasteiger partial charge in [-0.2, -0.15) is 0 Å². The van der Waals surface area contributed by atoms with Gasteiger partial charge in [-0.3, -0.25) is 9.59 Å². The summed E-state index contributed by atoms with van der Waals surface area (Å²) in [6.45, 7) is 9.42. The molecule has 4 amide bonds. The number of hydrogen-bond donors (Lipinski definition) is 4. The van der Waals surface area contributed by atoms with Crippen LogP contribution in [0.4, 0.5) is 9.59 Å². The SMILES string of the molecule is COCCOc1c(-c2ccc(-c3cnc([C@@H]4[C@H]5CC[C@H](C5)N4C(=O)[C@@H](NC(=O)OC)C(C)C)[nH]3)cc2)ccc(-c2ccc3nc([C@@H]4CCCN4C(=O)[C@@H](NC(=O)OC)C(C)C)[nH]c3c2)c1OCCOC. The molecule has 70 heavy (non-hydrogen) atoms. The van der Waals surface area contributed by atoms with Gasteiger partial charge >= 0.3 is 12.2 Å². The smallest absolute Gasteiger partial charge is 0.407 e. The average Bonchev–Trinajstić information content (AvgIpc) is 4.23. The molecule has 0 radical (unpaired) electrons. The summed E-state index contributed by atoms with van der Waals surface area (Å²) in [5, 5.41) is 5.48. The Morgan fingerprint density at radius 3 is 1.91 bits per heavy atom. The van der Waals surface area contributed by atoms with E-state index in [1.807, 2.05) is 93.4 Å². The fourth-order valence-corrected chi connectivity index (χ4v) is 10.3. The molecule has 8 rings (SSSR count). The molecular formula is C52H66N8O10. The van der Waals surface area contributed by atoms with Crippen molar-refractivity contribution >= 4 is 35.0 Å². The van der Waals surface area contributed by atoms with Crippen molar-refractivity contribution in [1.29, 1.82) is 0 Å². The Hall–Kier alpha value is -6.66. The van der Waals surface area contributed by atoms with Crippen molar-refractivity contribution in [2.45, 2.75) is 90.0 Å². The molecule has 6 atom stereocenters. The van der Waals surface area contributed by atoms with Crippen LogP contribution in [0.25, 0.3) is 44.5 Å². The summed E-state index contributed by atoms with van der Waals surface area (Å²) in [5.74, 6) is 2.19. The first kappa shape index (κ1) is 49.8. The fraction of sp³-hybridized carbons (Fsp3) is 0.500. The largest absolute Gasteiger partial charge is 0.487 e. The number of rotatable bonds is 19. The molecule has 0 spiro atoms. The molecule has 0 unspecified atom stereocenters. The normalized spacial score (nSPS) is 19.5. The van der Waals surface area contributed by atoms with Crippen molar-refractivity contribution in [3.05, 3.63) is 72.4 Å². The molecule has 374 valence electrons. The molecule has 2 aliphatic heterocycles. The molecule has 3 aliphatic rings. The third-order valence-electron chi connectivity index (χ3n) is 13.8. The maximum Gasteiger partial charge on any atom is 0.407 e. The van der Waals surface area contributed by atoms with Crippen LogP contribution in [-0.2, 0) is 28.5 Å². The number of imidazole rings is 2. The topological polar surface area (TPSA) is 212 Å². The van der Waals surface area contributed by atoms with Crippen LogP contribution in [0.15, 0.2) is 60.8 Å². The lowest BCUT2D eigenvalue weighted by Gasteiger charge is -2.37. The van der Waals surface area contributed by atoms with Crippen molar-refractivity contribution in [3.8, 4) is 45.0 Å². The zero-order valence-corrected chi connectivity index (χ0v) is 41.3. The molecule has 3 aromatic carbocycles. The number of aromatic amines is 2. The first-order chi connectivity index (χ1) is 33.8. The van der Waals surface area contributed by atoms with Crippen molar-refractivity contribution < 1.29 is 47.6 Å². The Morgan fingerprint density at radius 1 is 0.700 bits per heavy atom. The number of nitrogens with zero attached hydrogens (tertiary/aromatic N) is 4. The van der Waals surface area contributed by atoms with E-state index in [2.05, 4.69) is 20.6 Å². The van der Waals surface area contributed by atoms with E-state index in [0.717, 1.165) is 82.5 Å². The Bertz CT molecular complexity index is 2650. The highest BCUT2D eigenvalue weighted by atomic mass is 16.6. The number of likely N-dealkylation sites (tertiary alicyclic amines) is 2. The molecule has 5 aromatic rings. The zero-order valence-electron chi connectivity index (χ0n) is 41.3. The third-order valence-corrected chi connectivity index (χ3v) is 13.8. The fourth-order valence-electron chi connectivity index (χ4n) is 10.3. The number of methoxy groups -OCH3 is 4. The monoisotopic (exact) mass is 962 g/mol. The average molecular weight is 963 g/mol. The maximum atomic E-state index is 14.1. The molecule has 1 saturated carbocycles. The number of ether oxygens (including phenoxy) is 6. The number of benzene rings is 3. The van der Waals surface area contributed by atoms with Crippen molar-refractivity contribution in [2.75, 3.05) is 61.4 Å². The summed E-state index contributed by atoms with van der Waals surface area (Å²) in [7, 11) is 5.84. The summed E-state index contributed by atoms with van der Waals surface area (Å²) in [5.41, 5.74) is 6.65. The number of piperidine rings is 1. The van der Waals surface area contributed by atoms with Crippen LogP contribution in [0.3, 0.4) is 0 Å². The van der Waals surface area contributed by atoms with Crippen LogP contribution < -0.4 is 20.1 Å². The minimum Gasteiger partial charge on any atom is -0.487 e. The summed E-state index contributed by atoms with van der Waals surface area (Å²) in [4.78, 5) is 73.0. The molecule has 18 nitrogen and oxygen atoms in total. The van der Waals surface area contributed by atoms with Crippen LogP contribution in [0.1, 0.15) is 83.5 Å². The van der Waals surface area contributed by atoms with Gasteiger partial charge in [0.05, 0.1) is 62.4 Å². The first-order valence-corrected chi connectivity index (χ1v) is 24.2. The predicted octanol–water partition coefficient (Wildman–Crippen LogP) is 7.81. The standard InChI is InChI=1S/C52H66N8O10/c1-29(2)42(57-51(63)67-7)49(61)59-21-9-10-41(59)47-54-38-20-16-33(27-39(38)55-47)37-19-18-36(45(69-24-22-65-5)46(37)70-25-23-66-6)31-11-13-32(14-12-31)40-28-53-48(56-40)44-34-15-17-35(26-34)60(44)50(62)43(30(3)4)58-52(64)68-8/h11-14,16,18-20,27-30,34-35,41-44H,9-10,15,17,21-26H2,1-8H3,(H,53,56)(H,54,55)(H,57,63)(H,58,64)/t34-,35+,41-,42-,43-,44-/m0/s1. The second-order valence-electron chi connectivity index (χ2n) is 18.9. The number of amides is 4. The number of alkyl carbamates (subject to hydrolysis) is 2. The van der Waals surface area contributed by atoms with E-state index in [1.54, 1.807) is 19.1 Å². The molecule has 2 saturated heterocycles. The van der Waals surface area contributed by atoms with Crippen LogP contribution in [0.5, 0.6) is 11.5 Å². The number of fused-ring (bicyclic) bond motifs is 3. The van der Waals surface area contributed by atoms with Crippen LogP contribution in [-0.4, -0.2) is 133 Å². The molecular weight excluding hydrogens is 897 g/mol. The highest BCUT2D eigenvalue weighted by Crippen LogP contribution is 2.51. The minimum atomic E-state index is -0.738. The van der Waals surface area contributed by atoms with Gasteiger partial charge in [-0.1, -0.05) is 58.0 Å². The first-order valence-electron chi connectivity index (χ1n) is 24.2. The molecule has 3 fully saturated rings. The molecule has 1 aliphatic carbocycles. The van der Waals surface area contributed by atoms with Crippen molar-refractivity contribution in [1.82, 2.24) is 40.4 Å². The number of carbonyl (C=O) groups is 4. The van der Waals surface area contributed by atoms with Gasteiger partial charge in [0.25, 0.3) is 0 Å². The Morgan fingerprint density at radius 2 is 1.30 bits per heavy atom. The highest BCUT2D eigenvalue weighted by Gasteiger charge is 2.51. The second kappa shape index (κ2) is 22.0. The van der Waals surface area contributed by atoms with Gasteiger partial charge in [0.1, 0.15) is 36.9 Å². The van der Waals surface area contributed by atoms with E-state index in [4.69, 9.17) is 38.4 Å². The van der Waals surface area contributed by atoms with E-state index < -0.39 is 24.3 Å². The summed E-state index contributed by atoms with van der Waals surface area (Å²) < 4.78 is 33.6. The highest BCUT2D eigenvalue weighted by molar-refractivity contribution is 5.90. The maximum absolute atomic E-state index is 14.1. The van der Waals surface area contributed by atoms with Gasteiger partial charge in [-0.05, 0) is 90.8 Å². The van der Waals surface area contributed by atoms with Crippen molar-refractivity contribution in [2.24, 2.45) is 17.8 Å². The summed E-state index contributed by atoms with van der Waals surface area (Å²) >= 11 is 0. The van der Waals surface area contributed by atoms with Crippen LogP contribution in [0.2, 0.25) is 0 Å². The van der Waals surface area contributed by atoms with Gasteiger partial charge < -0.3 is 58.8 Å². The number of nitrogens with one attached hydrogen (secondary N) is 4. The van der Waals surface area contributed by atoms with Gasteiger partial charge in [0.15, 0.2) is 11.5 Å². The zero-order chi connectivity index (χ0) is 49.6. The van der Waals surface area contributed by atoms with Crippen LogP contribution in [0, 0.1) is 17.8 Å². The van der Waals surface area contributed by atoms with Gasteiger partial charge in [0, 0.05) is 37.9 Å². The number of hydrogen-bond acceptors (Lipinski definition) is 12. The van der Waals surface area contributed by atoms with E-state index in [-0.39, 0.29) is 60.9 Å². The second-order valence-corrected chi connectivity index (χ2v) is 18.9. The number of carbonyl (C=O) groups excluding carboxylic acids is 4. The van der Waals surface area contributed by atoms with Gasteiger partial charge in [-0.25, -0.2) is 19.6 Å². The summed E-state index contributed by atoms with van der Waals surface area (Å²) in [6, 6.07) is 16.3. The molecule has 4 N–H and O–H groups in total. The Labute approximate surface area is 408 Å². The number of aromatic nitrogens is 4. The Balaban J connectivity index is 1.08. The Kier molecular flexibility index (Phi) is 15.6. The quantitative estimate of drug-likeness (QED) is 0.0584. The lowest BCUT2D eigenvalue weighted by Crippen LogP contribution is -2.54. The molecule has 18 heteroatoms. The van der Waals surface area contributed by atoms with E-state index in [0.29, 0.717) is 37.1 Å². The van der Waals surface area contributed by atoms with E-state index >= 15 is 0 Å². The van der Waals surface area contributed by atoms with Crippen LogP contribution >= 0.6 is 0 Å². The summed E-state index contributed by atoms with van der Waals surface area (Å²) in [6.07, 6.45) is 4.90. The predicted molar refractivity (Wildman–Crippen MR) is 262 cm³/mol. The molecule has 4 heterocycles.